The number of nitrogens with one attached hydrogen (secondary N) is 2. The van der Waals surface area contributed by atoms with Gasteiger partial charge in [-0.2, -0.15) is 0 Å². The molecular weight excluding hydrogens is 383 g/mol. The van der Waals surface area contributed by atoms with Crippen LogP contribution in [0.2, 0.25) is 0 Å². The maximum atomic E-state index is 11.8. The minimum atomic E-state index is -0.346. The maximum Gasteiger partial charge on any atom is 0.239 e. The molecule has 1 aliphatic rings. The van der Waals surface area contributed by atoms with E-state index in [0.29, 0.717) is 6.54 Å². The Bertz CT molecular complexity index is 581. The zero-order valence-corrected chi connectivity index (χ0v) is 16.5. The molecule has 0 aromatic heterocycles. The maximum absolute atomic E-state index is 11.8. The molecule has 0 spiro atoms. The number of nitrogens with zero attached hydrogens (tertiary/aromatic N) is 1. The summed E-state index contributed by atoms with van der Waals surface area (Å²) in [7, 11) is 3.22. The zero-order valence-electron chi connectivity index (χ0n) is 14.8. The number of amides is 2. The van der Waals surface area contributed by atoms with Gasteiger partial charge in [0.2, 0.25) is 11.8 Å². The van der Waals surface area contributed by atoms with Crippen LogP contribution in [0.5, 0.6) is 11.5 Å². The van der Waals surface area contributed by atoms with Gasteiger partial charge >= 0.3 is 0 Å². The number of nitrogens with two attached hydrogens (primary N) is 1. The SMILES string of the molecule is COc1cc(OC)cc(N2CCC(NC(=O)CNC(=O)CN)C2)c1.Cl.Cl. The molecule has 1 fully saturated rings. The van der Waals surface area contributed by atoms with Crippen LogP contribution >= 0.6 is 24.8 Å². The fourth-order valence-electron chi connectivity index (χ4n) is 2.62. The van der Waals surface area contributed by atoms with Crippen LogP contribution in [0.25, 0.3) is 0 Å². The molecule has 1 heterocycles. The third-order valence-electron chi connectivity index (χ3n) is 3.89. The van der Waals surface area contributed by atoms with Gasteiger partial charge < -0.3 is 30.7 Å². The van der Waals surface area contributed by atoms with Crippen LogP contribution in [0.1, 0.15) is 6.42 Å². The Morgan fingerprint density at radius 3 is 2.31 bits per heavy atom. The topological polar surface area (TPSA) is 106 Å². The highest BCUT2D eigenvalue weighted by atomic mass is 35.5. The van der Waals surface area contributed by atoms with Crippen molar-refractivity contribution in [1.29, 1.82) is 0 Å². The lowest BCUT2D eigenvalue weighted by molar-refractivity contribution is -0.125. The number of anilines is 1. The standard InChI is InChI=1S/C16H24N4O4.2ClH/c1-23-13-5-12(6-14(7-13)24-2)20-4-3-11(10-20)19-16(22)9-18-15(21)8-17;;/h5-7,11H,3-4,8-10,17H2,1-2H3,(H,18,21)(H,19,22);2*1H. The second-order valence-corrected chi connectivity index (χ2v) is 5.55. The number of hydrogen-bond acceptors (Lipinski definition) is 6. The first-order valence-electron chi connectivity index (χ1n) is 7.80. The summed E-state index contributed by atoms with van der Waals surface area (Å²) in [6, 6.07) is 5.73. The summed E-state index contributed by atoms with van der Waals surface area (Å²) >= 11 is 0. The molecule has 1 saturated heterocycles. The molecule has 148 valence electrons. The van der Waals surface area contributed by atoms with Crippen LogP contribution < -0.4 is 30.7 Å². The number of carbonyl (C=O) groups excluding carboxylic acids is 2. The minimum absolute atomic E-state index is 0. The van der Waals surface area contributed by atoms with E-state index in [1.165, 1.54) is 0 Å². The normalized spacial score (nSPS) is 15.3. The fraction of sp³-hybridized carbons (Fsp3) is 0.500. The van der Waals surface area contributed by atoms with Crippen LogP contribution in [0.4, 0.5) is 5.69 Å². The van der Waals surface area contributed by atoms with E-state index in [4.69, 9.17) is 15.2 Å². The van der Waals surface area contributed by atoms with Crippen molar-refractivity contribution in [3.05, 3.63) is 18.2 Å². The molecule has 0 bridgehead atoms. The molecule has 2 rings (SSSR count). The van der Waals surface area contributed by atoms with Gasteiger partial charge in [-0.3, -0.25) is 9.59 Å². The van der Waals surface area contributed by atoms with E-state index < -0.39 is 0 Å². The molecule has 1 unspecified atom stereocenters. The summed E-state index contributed by atoms with van der Waals surface area (Å²) in [5.41, 5.74) is 6.17. The third kappa shape index (κ3) is 6.78. The van der Waals surface area contributed by atoms with Crippen LogP contribution in [0, 0.1) is 0 Å². The summed E-state index contributed by atoms with van der Waals surface area (Å²) in [6.07, 6.45) is 0.829. The molecular formula is C16H26Cl2N4O4. The van der Waals surface area contributed by atoms with Crippen LogP contribution in [-0.4, -0.2) is 58.3 Å². The number of methoxy groups -OCH3 is 2. The molecule has 2 amide bonds. The molecule has 0 saturated carbocycles. The van der Waals surface area contributed by atoms with Crippen molar-refractivity contribution in [1.82, 2.24) is 10.6 Å². The number of benzene rings is 1. The minimum Gasteiger partial charge on any atom is -0.497 e. The van der Waals surface area contributed by atoms with Crippen molar-refractivity contribution in [2.75, 3.05) is 45.3 Å². The quantitative estimate of drug-likeness (QED) is 0.599. The van der Waals surface area contributed by atoms with Crippen molar-refractivity contribution in [3.63, 3.8) is 0 Å². The van der Waals surface area contributed by atoms with E-state index in [0.717, 1.165) is 30.2 Å². The lowest BCUT2D eigenvalue weighted by atomic mass is 10.2. The number of carbonyl (C=O) groups is 2. The first-order chi connectivity index (χ1) is 11.5. The summed E-state index contributed by atoms with van der Waals surface area (Å²) in [5.74, 6) is 0.885. The molecule has 1 atom stereocenters. The monoisotopic (exact) mass is 408 g/mol. The van der Waals surface area contributed by atoms with Gasteiger partial charge in [-0.05, 0) is 6.42 Å². The van der Waals surface area contributed by atoms with Gasteiger partial charge in [0.15, 0.2) is 0 Å². The van der Waals surface area contributed by atoms with E-state index in [2.05, 4.69) is 15.5 Å². The Labute approximate surface area is 165 Å². The van der Waals surface area contributed by atoms with Gasteiger partial charge in [-0.1, -0.05) is 0 Å². The van der Waals surface area contributed by atoms with Crippen molar-refractivity contribution in [2.45, 2.75) is 12.5 Å². The fourth-order valence-corrected chi connectivity index (χ4v) is 2.62. The van der Waals surface area contributed by atoms with E-state index in [1.807, 2.05) is 18.2 Å². The molecule has 0 aliphatic carbocycles. The Kier molecular flexibility index (Phi) is 10.8. The predicted molar refractivity (Wildman–Crippen MR) is 105 cm³/mol. The smallest absolute Gasteiger partial charge is 0.239 e. The lowest BCUT2D eigenvalue weighted by Gasteiger charge is -2.20. The van der Waals surface area contributed by atoms with Gasteiger partial charge in [0.1, 0.15) is 11.5 Å². The summed E-state index contributed by atoms with van der Waals surface area (Å²) < 4.78 is 10.6. The van der Waals surface area contributed by atoms with Gasteiger partial charge in [-0.25, -0.2) is 0 Å². The van der Waals surface area contributed by atoms with Crippen LogP contribution in [0.15, 0.2) is 18.2 Å². The Hall–Kier alpha value is -1.90. The highest BCUT2D eigenvalue weighted by Crippen LogP contribution is 2.30. The lowest BCUT2D eigenvalue weighted by Crippen LogP contribution is -2.44. The third-order valence-corrected chi connectivity index (χ3v) is 3.89. The molecule has 1 aromatic carbocycles. The average Bonchev–Trinajstić information content (AvgIpc) is 3.07. The first-order valence-corrected chi connectivity index (χ1v) is 7.80. The van der Waals surface area contributed by atoms with Crippen molar-refractivity contribution in [3.8, 4) is 11.5 Å². The molecule has 1 aromatic rings. The zero-order chi connectivity index (χ0) is 17.5. The van der Waals surface area contributed by atoms with E-state index in [1.54, 1.807) is 14.2 Å². The van der Waals surface area contributed by atoms with Crippen LogP contribution in [-0.2, 0) is 9.59 Å². The summed E-state index contributed by atoms with van der Waals surface area (Å²) in [4.78, 5) is 25.1. The van der Waals surface area contributed by atoms with E-state index in [-0.39, 0.29) is 55.8 Å². The molecule has 1 aliphatic heterocycles. The summed E-state index contributed by atoms with van der Waals surface area (Å²) in [5, 5.41) is 5.37. The largest absolute Gasteiger partial charge is 0.497 e. The second kappa shape index (κ2) is 11.7. The number of rotatable bonds is 7. The molecule has 4 N–H and O–H groups in total. The average molecular weight is 409 g/mol. The van der Waals surface area contributed by atoms with E-state index >= 15 is 0 Å². The van der Waals surface area contributed by atoms with Crippen molar-refractivity contribution >= 4 is 42.3 Å². The second-order valence-electron chi connectivity index (χ2n) is 5.55. The van der Waals surface area contributed by atoms with E-state index in [9.17, 15) is 9.59 Å². The van der Waals surface area contributed by atoms with Gasteiger partial charge in [0, 0.05) is 43.0 Å². The molecule has 26 heavy (non-hydrogen) atoms. The summed E-state index contributed by atoms with van der Waals surface area (Å²) in [6.45, 7) is 1.32. The van der Waals surface area contributed by atoms with Crippen molar-refractivity contribution in [2.24, 2.45) is 5.73 Å². The van der Waals surface area contributed by atoms with Crippen LogP contribution in [0.3, 0.4) is 0 Å². The highest BCUT2D eigenvalue weighted by Gasteiger charge is 2.24. The number of hydrogen-bond donors (Lipinski definition) is 3. The Balaban J connectivity index is 0.00000312. The Morgan fingerprint density at radius 2 is 1.77 bits per heavy atom. The number of ether oxygens (including phenoxy) is 2. The predicted octanol–water partition coefficient (Wildman–Crippen LogP) is 0.317. The van der Waals surface area contributed by atoms with Gasteiger partial charge in [0.25, 0.3) is 0 Å². The molecule has 0 radical (unpaired) electrons. The first kappa shape index (κ1) is 24.1. The van der Waals surface area contributed by atoms with Gasteiger partial charge in [-0.15, -0.1) is 24.8 Å². The molecule has 10 heteroatoms. The van der Waals surface area contributed by atoms with Gasteiger partial charge in [0.05, 0.1) is 27.3 Å². The molecule has 8 nitrogen and oxygen atoms in total. The van der Waals surface area contributed by atoms with Crippen molar-refractivity contribution < 1.29 is 19.1 Å². The Morgan fingerprint density at radius 1 is 1.15 bits per heavy atom. The number of halogens is 2. The highest BCUT2D eigenvalue weighted by molar-refractivity contribution is 5.86.